The summed E-state index contributed by atoms with van der Waals surface area (Å²) in [4.78, 5) is 10.8. The molecule has 2 heteroatoms. The predicted octanol–water partition coefficient (Wildman–Crippen LogP) is 0.352. The van der Waals surface area contributed by atoms with Crippen LogP contribution >= 0.6 is 0 Å². The molecule has 0 heterocycles. The van der Waals surface area contributed by atoms with Gasteiger partial charge >= 0.3 is 5.97 Å². The molecule has 0 aromatic heterocycles. The zero-order valence-electron chi connectivity index (χ0n) is 7.32. The molecule has 0 saturated carbocycles. The van der Waals surface area contributed by atoms with Crippen molar-refractivity contribution in [3.05, 3.63) is 34.7 Å². The van der Waals surface area contributed by atoms with Crippen LogP contribution < -0.4 is 10.4 Å². The lowest BCUT2D eigenvalue weighted by Crippen LogP contribution is -2.21. The summed E-state index contributed by atoms with van der Waals surface area (Å²) < 4.78 is 0. The second-order valence-electron chi connectivity index (χ2n) is 3.25. The summed E-state index contributed by atoms with van der Waals surface area (Å²) in [5.74, 6) is -1.20. The zero-order valence-corrected chi connectivity index (χ0v) is 7.32. The normalized spacial score (nSPS) is 19.5. The molecule has 13 heavy (non-hydrogen) atoms. The van der Waals surface area contributed by atoms with E-state index < -0.39 is 11.9 Å². The van der Waals surface area contributed by atoms with Crippen molar-refractivity contribution in [2.45, 2.75) is 6.92 Å². The van der Waals surface area contributed by atoms with Gasteiger partial charge in [-0.05, 0) is 22.9 Å². The maximum Gasteiger partial charge on any atom is 0.314 e. The van der Waals surface area contributed by atoms with Crippen LogP contribution in [0.25, 0.3) is 11.6 Å². The number of carbonyl (C=O) groups is 1. The number of benzene rings is 1. The van der Waals surface area contributed by atoms with Gasteiger partial charge < -0.3 is 5.11 Å². The second-order valence-corrected chi connectivity index (χ2v) is 3.25. The summed E-state index contributed by atoms with van der Waals surface area (Å²) in [6, 6.07) is 7.76. The number of carboxylic acid groups (broad SMARTS) is 1. The molecular weight excluding hydrogens is 164 g/mol. The molecule has 1 aromatic carbocycles. The van der Waals surface area contributed by atoms with Gasteiger partial charge in [-0.3, -0.25) is 4.79 Å². The Morgan fingerprint density at radius 1 is 1.38 bits per heavy atom. The smallest absolute Gasteiger partial charge is 0.314 e. The Hall–Kier alpha value is -1.57. The minimum atomic E-state index is -0.770. The first-order valence-electron chi connectivity index (χ1n) is 4.20. The third kappa shape index (κ3) is 1.15. The number of hydrogen-bond acceptors (Lipinski definition) is 1. The Morgan fingerprint density at radius 2 is 2.08 bits per heavy atom. The Kier molecular flexibility index (Phi) is 1.69. The fourth-order valence-electron chi connectivity index (χ4n) is 1.73. The van der Waals surface area contributed by atoms with E-state index in [9.17, 15) is 4.79 Å². The van der Waals surface area contributed by atoms with Gasteiger partial charge in [0.15, 0.2) is 0 Å². The average molecular weight is 174 g/mol. The van der Waals surface area contributed by atoms with E-state index in [1.807, 2.05) is 31.2 Å². The van der Waals surface area contributed by atoms with E-state index in [0.717, 1.165) is 16.0 Å². The average Bonchev–Trinajstić information content (AvgIpc) is 2.45. The number of aliphatic carboxylic acids is 1. The molecule has 66 valence electrons. The largest absolute Gasteiger partial charge is 0.481 e. The van der Waals surface area contributed by atoms with E-state index in [4.69, 9.17) is 5.11 Å². The van der Waals surface area contributed by atoms with Crippen LogP contribution in [0.1, 0.15) is 6.92 Å². The van der Waals surface area contributed by atoms with Crippen molar-refractivity contribution in [1.29, 1.82) is 0 Å². The Bertz CT molecular complexity index is 471. The molecule has 0 radical (unpaired) electrons. The van der Waals surface area contributed by atoms with Gasteiger partial charge in [0, 0.05) is 0 Å². The van der Waals surface area contributed by atoms with Gasteiger partial charge in [0.25, 0.3) is 0 Å². The van der Waals surface area contributed by atoms with Crippen molar-refractivity contribution >= 4 is 17.6 Å². The SMILES string of the molecule is CC1=c2ccccc2=C[C@@H]1C(=O)O. The minimum Gasteiger partial charge on any atom is -0.481 e. The van der Waals surface area contributed by atoms with Gasteiger partial charge in [-0.1, -0.05) is 30.3 Å². The molecule has 1 aliphatic carbocycles. The lowest BCUT2D eigenvalue weighted by Gasteiger charge is -2.01. The highest BCUT2D eigenvalue weighted by Gasteiger charge is 2.20. The van der Waals surface area contributed by atoms with Gasteiger partial charge in [0.2, 0.25) is 0 Å². The van der Waals surface area contributed by atoms with Crippen molar-refractivity contribution in [2.24, 2.45) is 5.92 Å². The van der Waals surface area contributed by atoms with Crippen molar-refractivity contribution in [3.63, 3.8) is 0 Å². The van der Waals surface area contributed by atoms with Crippen LogP contribution in [0.5, 0.6) is 0 Å². The molecule has 0 aliphatic heterocycles. The van der Waals surface area contributed by atoms with E-state index >= 15 is 0 Å². The molecule has 0 saturated heterocycles. The van der Waals surface area contributed by atoms with E-state index in [2.05, 4.69) is 0 Å². The topological polar surface area (TPSA) is 37.3 Å². The summed E-state index contributed by atoms with van der Waals surface area (Å²) >= 11 is 0. The maximum atomic E-state index is 10.8. The van der Waals surface area contributed by atoms with Crippen LogP contribution in [0, 0.1) is 5.92 Å². The highest BCUT2D eigenvalue weighted by molar-refractivity contribution is 5.89. The number of carboxylic acids is 1. The summed E-state index contributed by atoms with van der Waals surface area (Å²) in [6.07, 6.45) is 1.80. The van der Waals surface area contributed by atoms with Crippen LogP contribution in [-0.4, -0.2) is 11.1 Å². The molecule has 1 aromatic rings. The summed E-state index contributed by atoms with van der Waals surface area (Å²) in [5.41, 5.74) is 0.933. The molecule has 1 aliphatic rings. The van der Waals surface area contributed by atoms with Gasteiger partial charge in [0.05, 0.1) is 5.92 Å². The van der Waals surface area contributed by atoms with Crippen LogP contribution in [0.3, 0.4) is 0 Å². The molecule has 1 atom stereocenters. The molecule has 0 amide bonds. The number of rotatable bonds is 1. The molecule has 0 spiro atoms. The van der Waals surface area contributed by atoms with Gasteiger partial charge in [-0.15, -0.1) is 0 Å². The van der Waals surface area contributed by atoms with Crippen molar-refractivity contribution in [2.75, 3.05) is 0 Å². The first-order valence-corrected chi connectivity index (χ1v) is 4.20. The monoisotopic (exact) mass is 174 g/mol. The summed E-state index contributed by atoms with van der Waals surface area (Å²) in [6.45, 7) is 1.88. The second kappa shape index (κ2) is 2.73. The summed E-state index contributed by atoms with van der Waals surface area (Å²) in [5, 5.41) is 11.0. The van der Waals surface area contributed by atoms with Crippen molar-refractivity contribution in [3.8, 4) is 0 Å². The standard InChI is InChI=1S/C11H10O2/c1-7-9-5-3-2-4-8(9)6-10(7)11(12)13/h2-6,10H,1H3,(H,12,13)/t10-/m0/s1. The van der Waals surface area contributed by atoms with Crippen LogP contribution in [-0.2, 0) is 4.79 Å². The van der Waals surface area contributed by atoms with E-state index in [1.54, 1.807) is 6.08 Å². The summed E-state index contributed by atoms with van der Waals surface area (Å²) in [7, 11) is 0. The fourth-order valence-corrected chi connectivity index (χ4v) is 1.73. The fraction of sp³-hybridized carbons (Fsp3) is 0.182. The maximum absolute atomic E-state index is 10.8. The highest BCUT2D eigenvalue weighted by atomic mass is 16.4. The van der Waals surface area contributed by atoms with Gasteiger partial charge in [-0.2, -0.15) is 0 Å². The number of hydrogen-bond donors (Lipinski definition) is 1. The van der Waals surface area contributed by atoms with Gasteiger partial charge in [0.1, 0.15) is 0 Å². The Balaban J connectivity index is 2.72. The first-order chi connectivity index (χ1) is 6.20. The molecule has 2 rings (SSSR count). The van der Waals surface area contributed by atoms with Crippen molar-refractivity contribution < 1.29 is 9.90 Å². The lowest BCUT2D eigenvalue weighted by atomic mass is 10.0. The van der Waals surface area contributed by atoms with Crippen LogP contribution in [0.15, 0.2) is 24.3 Å². The Morgan fingerprint density at radius 3 is 2.69 bits per heavy atom. The predicted molar refractivity (Wildman–Crippen MR) is 50.4 cm³/mol. The minimum absolute atomic E-state index is 0.433. The molecule has 2 nitrogen and oxygen atoms in total. The first kappa shape index (κ1) is 8.05. The van der Waals surface area contributed by atoms with Crippen LogP contribution in [0.2, 0.25) is 0 Å². The highest BCUT2D eigenvalue weighted by Crippen LogP contribution is 2.14. The molecular formula is C11H10O2. The number of fused-ring (bicyclic) bond motifs is 1. The molecule has 1 N–H and O–H groups in total. The molecule has 0 fully saturated rings. The van der Waals surface area contributed by atoms with Crippen molar-refractivity contribution in [1.82, 2.24) is 0 Å². The molecule has 0 unspecified atom stereocenters. The van der Waals surface area contributed by atoms with Crippen LogP contribution in [0.4, 0.5) is 0 Å². The molecule has 0 bridgehead atoms. The van der Waals surface area contributed by atoms with E-state index in [0.29, 0.717) is 0 Å². The lowest BCUT2D eigenvalue weighted by molar-refractivity contribution is -0.137. The zero-order chi connectivity index (χ0) is 9.42. The van der Waals surface area contributed by atoms with E-state index in [1.165, 1.54) is 0 Å². The van der Waals surface area contributed by atoms with Gasteiger partial charge in [-0.25, -0.2) is 0 Å². The van der Waals surface area contributed by atoms with E-state index in [-0.39, 0.29) is 0 Å². The third-order valence-electron chi connectivity index (χ3n) is 2.46. The third-order valence-corrected chi connectivity index (χ3v) is 2.46. The Labute approximate surface area is 75.8 Å². The quantitative estimate of drug-likeness (QED) is 0.667.